The quantitative estimate of drug-likeness (QED) is 0.852. The Labute approximate surface area is 142 Å². The van der Waals surface area contributed by atoms with E-state index >= 15 is 0 Å². The number of carbonyl (C=O) groups is 2. The second-order valence-corrected chi connectivity index (χ2v) is 5.68. The fourth-order valence-electron chi connectivity index (χ4n) is 2.26. The first kappa shape index (κ1) is 19.2. The van der Waals surface area contributed by atoms with Crippen LogP contribution in [0.5, 0.6) is 0 Å². The van der Waals surface area contributed by atoms with Crippen LogP contribution in [0.2, 0.25) is 0 Å². The maximum atomic E-state index is 11.5. The van der Waals surface area contributed by atoms with Crippen molar-refractivity contribution in [2.45, 2.75) is 26.2 Å². The molecule has 1 aliphatic rings. The minimum absolute atomic E-state index is 0.221. The normalized spacial score (nSPS) is 16.8. The van der Waals surface area contributed by atoms with Gasteiger partial charge in [-0.1, -0.05) is 6.92 Å². The summed E-state index contributed by atoms with van der Waals surface area (Å²) in [6.07, 6.45) is 5.95. The lowest BCUT2D eigenvalue weighted by Crippen LogP contribution is -2.41. The lowest BCUT2D eigenvalue weighted by Gasteiger charge is -2.31. The van der Waals surface area contributed by atoms with E-state index < -0.39 is 0 Å². The Kier molecular flexibility index (Phi) is 9.05. The molecular weight excluding hydrogens is 318 g/mol. The molecule has 0 aliphatic carbocycles. The number of methoxy groups -OCH3 is 1. The van der Waals surface area contributed by atoms with Gasteiger partial charge in [0, 0.05) is 38.4 Å². The molecule has 1 aromatic heterocycles. The van der Waals surface area contributed by atoms with Crippen LogP contribution in [0.1, 0.15) is 26.2 Å². The van der Waals surface area contributed by atoms with E-state index in [1.165, 1.54) is 7.11 Å². The molecule has 0 saturated carbocycles. The number of hydrogen-bond donors (Lipinski definition) is 1. The number of nitrogens with one attached hydrogen (secondary N) is 1. The number of pyridine rings is 1. The largest absolute Gasteiger partial charge is 0.453 e. The second kappa shape index (κ2) is 10.8. The molecule has 0 aromatic carbocycles. The third-order valence-corrected chi connectivity index (χ3v) is 3.75. The summed E-state index contributed by atoms with van der Waals surface area (Å²) in [4.78, 5) is 26.9. The highest BCUT2D eigenvalue weighted by Gasteiger charge is 2.23. The van der Waals surface area contributed by atoms with Crippen LogP contribution in [0.3, 0.4) is 0 Å². The smallest absolute Gasteiger partial charge is 0.409 e. The monoisotopic (exact) mass is 341 g/mol. The summed E-state index contributed by atoms with van der Waals surface area (Å²) in [5, 5.41) is 3.08. The Morgan fingerprint density at radius 3 is 2.83 bits per heavy atom. The van der Waals surface area contributed by atoms with Crippen molar-refractivity contribution in [1.29, 1.82) is 0 Å². The van der Waals surface area contributed by atoms with Crippen LogP contribution in [0.4, 0.5) is 10.5 Å². The molecule has 0 bridgehead atoms. The van der Waals surface area contributed by atoms with Crippen LogP contribution in [-0.2, 0) is 9.53 Å². The lowest BCUT2D eigenvalue weighted by molar-refractivity contribution is -0.111. The number of halogens is 1. The Morgan fingerprint density at radius 1 is 1.52 bits per heavy atom. The number of nitrogens with zero attached hydrogens (tertiary/aromatic N) is 2. The van der Waals surface area contributed by atoms with E-state index in [9.17, 15) is 9.59 Å². The summed E-state index contributed by atoms with van der Waals surface area (Å²) < 4.78 is 4.76. The van der Waals surface area contributed by atoms with Crippen molar-refractivity contribution in [3.63, 3.8) is 0 Å². The average molecular weight is 342 g/mol. The third-order valence-electron chi connectivity index (χ3n) is 3.49. The molecule has 0 radical (unpaired) electrons. The van der Waals surface area contributed by atoms with E-state index in [-0.39, 0.29) is 11.3 Å². The van der Waals surface area contributed by atoms with Crippen molar-refractivity contribution in [1.82, 2.24) is 9.88 Å². The van der Waals surface area contributed by atoms with E-state index in [4.69, 9.17) is 16.3 Å². The predicted molar refractivity (Wildman–Crippen MR) is 90.6 cm³/mol. The van der Waals surface area contributed by atoms with Gasteiger partial charge < -0.3 is 15.0 Å². The van der Waals surface area contributed by atoms with Crippen molar-refractivity contribution in [3.05, 3.63) is 24.5 Å². The number of likely N-dealkylation sites (tertiary alicyclic amines) is 1. The summed E-state index contributed by atoms with van der Waals surface area (Å²) >= 11 is 4.82. The summed E-state index contributed by atoms with van der Waals surface area (Å²) in [5.74, 6) is 0.470. The van der Waals surface area contributed by atoms with Crippen LogP contribution in [-0.4, -0.2) is 48.0 Å². The Balaban J connectivity index is 0.000000463. The molecular formula is C16H24ClN3O3. The third kappa shape index (κ3) is 7.83. The number of ether oxygens (including phenoxy) is 1. The SMILES string of the molecule is CCC(=O)Cl.COC(=O)N1CCCC(CNc2cccnc2)C1. The molecule has 1 unspecified atom stereocenters. The zero-order valence-electron chi connectivity index (χ0n) is 13.6. The van der Waals surface area contributed by atoms with Gasteiger partial charge >= 0.3 is 6.09 Å². The van der Waals surface area contributed by atoms with Crippen LogP contribution in [0.25, 0.3) is 0 Å². The second-order valence-electron chi connectivity index (χ2n) is 5.26. The van der Waals surface area contributed by atoms with Gasteiger partial charge in [-0.3, -0.25) is 9.78 Å². The number of carbonyl (C=O) groups excluding carboxylic acids is 2. The van der Waals surface area contributed by atoms with Crippen molar-refractivity contribution >= 4 is 28.6 Å². The Morgan fingerprint density at radius 2 is 2.26 bits per heavy atom. The van der Waals surface area contributed by atoms with E-state index in [1.807, 2.05) is 12.1 Å². The molecule has 1 fully saturated rings. The van der Waals surface area contributed by atoms with Crippen LogP contribution in [0, 0.1) is 5.92 Å². The lowest BCUT2D eigenvalue weighted by atomic mass is 9.98. The van der Waals surface area contributed by atoms with Gasteiger partial charge in [-0.25, -0.2) is 4.79 Å². The number of rotatable bonds is 4. The molecule has 1 amide bonds. The van der Waals surface area contributed by atoms with Gasteiger partial charge in [0.25, 0.3) is 0 Å². The first-order chi connectivity index (χ1) is 11.1. The Hall–Kier alpha value is -1.82. The van der Waals surface area contributed by atoms with Gasteiger partial charge in [-0.15, -0.1) is 0 Å². The predicted octanol–water partition coefficient (Wildman–Crippen LogP) is 3.13. The molecule has 0 spiro atoms. The molecule has 2 heterocycles. The van der Waals surface area contributed by atoms with Crippen LogP contribution in [0.15, 0.2) is 24.5 Å². The number of amides is 1. The maximum Gasteiger partial charge on any atom is 0.409 e. The van der Waals surface area contributed by atoms with Gasteiger partial charge in [0.15, 0.2) is 0 Å². The molecule has 2 rings (SSSR count). The molecule has 23 heavy (non-hydrogen) atoms. The van der Waals surface area contributed by atoms with Gasteiger partial charge in [0.1, 0.15) is 0 Å². The van der Waals surface area contributed by atoms with Gasteiger partial charge in [-0.2, -0.15) is 0 Å². The fraction of sp³-hybridized carbons (Fsp3) is 0.562. The van der Waals surface area contributed by atoms with Crippen LogP contribution < -0.4 is 5.32 Å². The van der Waals surface area contributed by atoms with Crippen molar-refractivity contribution in [2.24, 2.45) is 5.92 Å². The summed E-state index contributed by atoms with van der Waals surface area (Å²) in [6.45, 7) is 4.14. The molecule has 1 N–H and O–H groups in total. The van der Waals surface area contributed by atoms with Crippen molar-refractivity contribution < 1.29 is 14.3 Å². The molecule has 1 aromatic rings. The van der Waals surface area contributed by atoms with E-state index in [2.05, 4.69) is 10.3 Å². The van der Waals surface area contributed by atoms with Gasteiger partial charge in [0.2, 0.25) is 5.24 Å². The summed E-state index contributed by atoms with van der Waals surface area (Å²) in [6, 6.07) is 3.90. The van der Waals surface area contributed by atoms with E-state index in [1.54, 1.807) is 24.2 Å². The van der Waals surface area contributed by atoms with Crippen molar-refractivity contribution in [2.75, 3.05) is 32.1 Å². The van der Waals surface area contributed by atoms with E-state index in [0.29, 0.717) is 12.3 Å². The number of piperidine rings is 1. The zero-order valence-corrected chi connectivity index (χ0v) is 14.4. The molecule has 1 saturated heterocycles. The van der Waals surface area contributed by atoms with Crippen LogP contribution >= 0.6 is 11.6 Å². The number of aromatic nitrogens is 1. The standard InChI is InChI=1S/C13H19N3O2.C3H5ClO/c1-18-13(17)16-7-3-4-11(10-16)8-15-12-5-2-6-14-9-12;1-2-3(4)5/h2,5-6,9,11,15H,3-4,7-8,10H2,1H3;2H2,1H3. The zero-order chi connectivity index (χ0) is 17.1. The van der Waals surface area contributed by atoms with Gasteiger partial charge in [-0.05, 0) is 42.5 Å². The average Bonchev–Trinajstić information content (AvgIpc) is 2.61. The highest BCUT2D eigenvalue weighted by Crippen LogP contribution is 2.17. The van der Waals surface area contributed by atoms with Crippen molar-refractivity contribution in [3.8, 4) is 0 Å². The number of anilines is 1. The first-order valence-electron chi connectivity index (χ1n) is 7.72. The summed E-state index contributed by atoms with van der Waals surface area (Å²) in [7, 11) is 1.43. The molecule has 128 valence electrons. The fourth-order valence-corrected chi connectivity index (χ4v) is 2.26. The molecule has 7 heteroatoms. The minimum atomic E-state index is -0.273. The summed E-state index contributed by atoms with van der Waals surface area (Å²) in [5.41, 5.74) is 1.02. The highest BCUT2D eigenvalue weighted by atomic mass is 35.5. The Bertz CT molecular complexity index is 485. The van der Waals surface area contributed by atoms with E-state index in [0.717, 1.165) is 38.2 Å². The topological polar surface area (TPSA) is 71.5 Å². The molecule has 6 nitrogen and oxygen atoms in total. The first-order valence-corrected chi connectivity index (χ1v) is 8.09. The van der Waals surface area contributed by atoms with Gasteiger partial charge in [0.05, 0.1) is 12.8 Å². The number of hydrogen-bond acceptors (Lipinski definition) is 5. The molecule has 1 atom stereocenters. The highest BCUT2D eigenvalue weighted by molar-refractivity contribution is 6.63. The maximum absolute atomic E-state index is 11.5. The minimum Gasteiger partial charge on any atom is -0.453 e. The molecule has 1 aliphatic heterocycles.